The van der Waals surface area contributed by atoms with Gasteiger partial charge < -0.3 is 9.84 Å². The second-order valence-corrected chi connectivity index (χ2v) is 8.01. The van der Waals surface area contributed by atoms with E-state index >= 15 is 0 Å². The highest BCUT2D eigenvalue weighted by Crippen LogP contribution is 2.41. The molecule has 3 nitrogen and oxygen atoms in total. The van der Waals surface area contributed by atoms with E-state index in [2.05, 4.69) is 62.5 Å². The maximum atomic E-state index is 11.0. The minimum absolute atomic E-state index is 0.246. The minimum atomic E-state index is -1.04. The molecule has 27 heavy (non-hydrogen) atoms. The van der Waals surface area contributed by atoms with Gasteiger partial charge in [-0.15, -0.1) is 0 Å². The summed E-state index contributed by atoms with van der Waals surface area (Å²) in [6, 6.07) is 15.3. The first-order valence-electron chi connectivity index (χ1n) is 9.52. The molecule has 1 aliphatic heterocycles. The lowest BCUT2D eigenvalue weighted by molar-refractivity contribution is 0.00157. The molecule has 3 aromatic carbocycles. The molecule has 0 amide bonds. The van der Waals surface area contributed by atoms with Gasteiger partial charge in [-0.2, -0.15) is 0 Å². The zero-order valence-corrected chi connectivity index (χ0v) is 16.7. The number of rotatable bonds is 2. The van der Waals surface area contributed by atoms with Crippen molar-refractivity contribution in [3.63, 3.8) is 0 Å². The Balaban J connectivity index is 2.01. The van der Waals surface area contributed by atoms with E-state index in [-0.39, 0.29) is 6.04 Å². The molecule has 0 aliphatic carbocycles. The van der Waals surface area contributed by atoms with Gasteiger partial charge in [0, 0.05) is 17.2 Å². The molecule has 2 N–H and O–H groups in total. The van der Waals surface area contributed by atoms with Crippen molar-refractivity contribution < 1.29 is 9.84 Å². The lowest BCUT2D eigenvalue weighted by Crippen LogP contribution is -2.49. The van der Waals surface area contributed by atoms with E-state index < -0.39 is 5.72 Å². The number of benzene rings is 3. The van der Waals surface area contributed by atoms with E-state index in [9.17, 15) is 5.11 Å². The van der Waals surface area contributed by atoms with Crippen molar-refractivity contribution in [1.29, 1.82) is 0 Å². The number of fused-ring (bicyclic) bond motifs is 2. The van der Waals surface area contributed by atoms with Gasteiger partial charge in [0.25, 0.3) is 0 Å². The van der Waals surface area contributed by atoms with Crippen molar-refractivity contribution >= 4 is 10.8 Å². The Morgan fingerprint density at radius 3 is 2.59 bits per heavy atom. The number of aliphatic hydroxyl groups is 1. The zero-order chi connectivity index (χ0) is 19.3. The van der Waals surface area contributed by atoms with Crippen molar-refractivity contribution in [2.24, 2.45) is 0 Å². The van der Waals surface area contributed by atoms with Crippen LogP contribution < -0.4 is 10.1 Å². The molecule has 3 heteroatoms. The van der Waals surface area contributed by atoms with Gasteiger partial charge in [0.15, 0.2) is 0 Å². The molecule has 2 unspecified atom stereocenters. The van der Waals surface area contributed by atoms with Crippen LogP contribution in [0.3, 0.4) is 0 Å². The normalized spacial score (nSPS) is 21.9. The maximum absolute atomic E-state index is 11.0. The molecule has 2 atom stereocenters. The standard InChI is InChI=1S/C24H27NO2/c1-14-10-15(2)19-8-9-22(27-5)23(20(19)11-14)18-7-6-17-12-16(3)25-24(4,26)21(17)13-18/h6-11,13,16,25-26H,12H2,1-5H3. The number of hydrogen-bond acceptors (Lipinski definition) is 3. The first-order chi connectivity index (χ1) is 12.8. The van der Waals surface area contributed by atoms with E-state index in [1.807, 2.05) is 13.0 Å². The van der Waals surface area contributed by atoms with E-state index in [0.29, 0.717) is 0 Å². The number of methoxy groups -OCH3 is 1. The number of ether oxygens (including phenoxy) is 1. The predicted molar refractivity (Wildman–Crippen MR) is 111 cm³/mol. The van der Waals surface area contributed by atoms with Crippen LogP contribution >= 0.6 is 0 Å². The van der Waals surface area contributed by atoms with Crippen LogP contribution in [-0.4, -0.2) is 18.3 Å². The van der Waals surface area contributed by atoms with Crippen LogP contribution in [0.5, 0.6) is 5.75 Å². The number of aryl methyl sites for hydroxylation is 2. The summed E-state index contributed by atoms with van der Waals surface area (Å²) in [7, 11) is 1.71. The minimum Gasteiger partial charge on any atom is -0.496 e. The van der Waals surface area contributed by atoms with Crippen LogP contribution in [0.2, 0.25) is 0 Å². The summed E-state index contributed by atoms with van der Waals surface area (Å²) in [6.45, 7) is 8.21. The van der Waals surface area contributed by atoms with Crippen molar-refractivity contribution in [1.82, 2.24) is 5.32 Å². The van der Waals surface area contributed by atoms with Crippen LogP contribution in [0.15, 0.2) is 42.5 Å². The fourth-order valence-corrected chi connectivity index (χ4v) is 4.55. The van der Waals surface area contributed by atoms with Crippen molar-refractivity contribution in [2.75, 3.05) is 7.11 Å². The second kappa shape index (κ2) is 6.36. The van der Waals surface area contributed by atoms with Gasteiger partial charge >= 0.3 is 0 Å². The van der Waals surface area contributed by atoms with Gasteiger partial charge in [-0.1, -0.05) is 35.9 Å². The molecule has 1 heterocycles. The highest BCUT2D eigenvalue weighted by atomic mass is 16.5. The highest BCUT2D eigenvalue weighted by Gasteiger charge is 2.32. The molecule has 0 saturated heterocycles. The summed E-state index contributed by atoms with van der Waals surface area (Å²) in [5.41, 5.74) is 5.75. The average Bonchev–Trinajstić information content (AvgIpc) is 2.59. The second-order valence-electron chi connectivity index (χ2n) is 8.01. The number of hydrogen-bond donors (Lipinski definition) is 2. The summed E-state index contributed by atoms with van der Waals surface area (Å²) < 4.78 is 5.72. The third-order valence-corrected chi connectivity index (χ3v) is 5.64. The fourth-order valence-electron chi connectivity index (χ4n) is 4.55. The Labute approximate surface area is 161 Å². The predicted octanol–water partition coefficient (Wildman–Crippen LogP) is 4.83. The summed E-state index contributed by atoms with van der Waals surface area (Å²) in [4.78, 5) is 0. The third-order valence-electron chi connectivity index (χ3n) is 5.64. The molecular weight excluding hydrogens is 334 g/mol. The molecule has 0 radical (unpaired) electrons. The Morgan fingerprint density at radius 2 is 1.85 bits per heavy atom. The van der Waals surface area contributed by atoms with Crippen LogP contribution in [0, 0.1) is 13.8 Å². The van der Waals surface area contributed by atoms with Crippen LogP contribution in [-0.2, 0) is 12.1 Å². The number of nitrogens with one attached hydrogen (secondary N) is 1. The van der Waals surface area contributed by atoms with E-state index in [1.165, 1.54) is 27.5 Å². The van der Waals surface area contributed by atoms with Gasteiger partial charge in [0.2, 0.25) is 0 Å². The van der Waals surface area contributed by atoms with Crippen molar-refractivity contribution in [2.45, 2.75) is 45.9 Å². The van der Waals surface area contributed by atoms with Crippen LogP contribution in [0.4, 0.5) is 0 Å². The first-order valence-corrected chi connectivity index (χ1v) is 9.52. The molecule has 0 aromatic heterocycles. The van der Waals surface area contributed by atoms with Gasteiger partial charge in [-0.05, 0) is 73.7 Å². The maximum Gasteiger partial charge on any atom is 0.139 e. The molecule has 0 fully saturated rings. The summed E-state index contributed by atoms with van der Waals surface area (Å²) in [5, 5.41) is 16.7. The SMILES string of the molecule is COc1ccc2c(C)cc(C)cc2c1-c1ccc2c(c1)C(C)(O)NC(C)C2. The van der Waals surface area contributed by atoms with Crippen LogP contribution in [0.25, 0.3) is 21.9 Å². The van der Waals surface area contributed by atoms with E-state index in [0.717, 1.165) is 28.9 Å². The van der Waals surface area contributed by atoms with Crippen LogP contribution in [0.1, 0.15) is 36.1 Å². The van der Waals surface area contributed by atoms with Gasteiger partial charge in [0.1, 0.15) is 11.5 Å². The molecule has 0 saturated carbocycles. The molecule has 1 aliphatic rings. The Bertz CT molecular complexity index is 1040. The Hall–Kier alpha value is -2.36. The largest absolute Gasteiger partial charge is 0.496 e. The molecule has 3 aromatic rings. The molecular formula is C24H27NO2. The quantitative estimate of drug-likeness (QED) is 0.687. The van der Waals surface area contributed by atoms with Gasteiger partial charge in [-0.25, -0.2) is 0 Å². The fraction of sp³-hybridized carbons (Fsp3) is 0.333. The van der Waals surface area contributed by atoms with Crippen molar-refractivity contribution in [3.05, 3.63) is 64.7 Å². The van der Waals surface area contributed by atoms with Crippen molar-refractivity contribution in [3.8, 4) is 16.9 Å². The molecule has 0 bridgehead atoms. The lowest BCUT2D eigenvalue weighted by Gasteiger charge is -2.36. The monoisotopic (exact) mass is 361 g/mol. The third kappa shape index (κ3) is 3.01. The summed E-state index contributed by atoms with van der Waals surface area (Å²) >= 11 is 0. The molecule has 4 rings (SSSR count). The van der Waals surface area contributed by atoms with E-state index in [1.54, 1.807) is 7.11 Å². The zero-order valence-electron chi connectivity index (χ0n) is 16.7. The average molecular weight is 361 g/mol. The van der Waals surface area contributed by atoms with E-state index in [4.69, 9.17) is 4.74 Å². The smallest absolute Gasteiger partial charge is 0.139 e. The molecule has 0 spiro atoms. The topological polar surface area (TPSA) is 41.5 Å². The lowest BCUT2D eigenvalue weighted by atomic mass is 9.85. The van der Waals surface area contributed by atoms with Gasteiger partial charge in [0.05, 0.1) is 7.11 Å². The van der Waals surface area contributed by atoms with Gasteiger partial charge in [-0.3, -0.25) is 5.32 Å². The summed E-state index contributed by atoms with van der Waals surface area (Å²) in [5.74, 6) is 0.851. The first kappa shape index (κ1) is 18.0. The molecule has 140 valence electrons. The Kier molecular flexibility index (Phi) is 4.25. The Morgan fingerprint density at radius 1 is 1.07 bits per heavy atom. The summed E-state index contributed by atoms with van der Waals surface area (Å²) in [6.07, 6.45) is 0.913. The highest BCUT2D eigenvalue weighted by molar-refractivity contribution is 6.01.